The number of phenols is 1. The number of ether oxygens (including phenoxy) is 1. The van der Waals surface area contributed by atoms with E-state index in [1.807, 2.05) is 42.5 Å². The van der Waals surface area contributed by atoms with Crippen LogP contribution < -0.4 is 5.32 Å². The molecule has 3 rings (SSSR count). The van der Waals surface area contributed by atoms with E-state index in [0.717, 1.165) is 16.3 Å². The van der Waals surface area contributed by atoms with Crippen molar-refractivity contribution in [2.75, 3.05) is 5.32 Å². The van der Waals surface area contributed by atoms with Crippen LogP contribution in [-0.2, 0) is 9.53 Å². The van der Waals surface area contributed by atoms with Crippen molar-refractivity contribution in [1.29, 1.82) is 0 Å². The number of rotatable bonds is 4. The van der Waals surface area contributed by atoms with Crippen molar-refractivity contribution >= 4 is 28.3 Å². The minimum atomic E-state index is -0.657. The van der Waals surface area contributed by atoms with Crippen molar-refractivity contribution in [3.05, 3.63) is 71.8 Å². The van der Waals surface area contributed by atoms with Crippen molar-refractivity contribution < 1.29 is 19.4 Å². The zero-order valence-electron chi connectivity index (χ0n) is 14.5. The number of phenolic OH excluding ortho intramolecular Hbond substituents is 1. The summed E-state index contributed by atoms with van der Waals surface area (Å²) in [6.45, 7) is 3.15. The molecule has 3 aromatic carbocycles. The zero-order chi connectivity index (χ0) is 18.7. The van der Waals surface area contributed by atoms with E-state index < -0.39 is 12.1 Å². The smallest absolute Gasteiger partial charge is 0.342 e. The van der Waals surface area contributed by atoms with Crippen molar-refractivity contribution in [3.8, 4) is 5.75 Å². The summed E-state index contributed by atoms with van der Waals surface area (Å²) in [6, 6.07) is 17.9. The van der Waals surface area contributed by atoms with Crippen LogP contribution in [0.5, 0.6) is 5.75 Å². The van der Waals surface area contributed by atoms with E-state index in [-0.39, 0.29) is 17.2 Å². The average Bonchev–Trinajstić information content (AvgIpc) is 2.62. The van der Waals surface area contributed by atoms with Crippen LogP contribution in [-0.4, -0.2) is 17.0 Å². The Labute approximate surface area is 151 Å². The van der Waals surface area contributed by atoms with Gasteiger partial charge in [-0.3, -0.25) is 4.79 Å². The molecule has 0 saturated carbocycles. The van der Waals surface area contributed by atoms with Crippen LogP contribution >= 0.6 is 0 Å². The first kappa shape index (κ1) is 17.5. The van der Waals surface area contributed by atoms with E-state index in [1.165, 1.54) is 25.1 Å². The second kappa shape index (κ2) is 7.27. The molecular formula is C21H19NO4. The van der Waals surface area contributed by atoms with Gasteiger partial charge in [0.05, 0.1) is 0 Å². The topological polar surface area (TPSA) is 75.6 Å². The van der Waals surface area contributed by atoms with Crippen LogP contribution in [0.4, 0.5) is 5.69 Å². The van der Waals surface area contributed by atoms with Gasteiger partial charge in [0.15, 0.2) is 0 Å². The Bertz CT molecular complexity index is 975. The molecule has 0 saturated heterocycles. The van der Waals surface area contributed by atoms with Gasteiger partial charge in [-0.05, 0) is 41.5 Å². The van der Waals surface area contributed by atoms with Crippen molar-refractivity contribution in [1.82, 2.24) is 0 Å². The Balaban J connectivity index is 1.86. The number of hydrogen-bond donors (Lipinski definition) is 2. The molecule has 0 aliphatic rings. The Kier molecular flexibility index (Phi) is 4.89. The van der Waals surface area contributed by atoms with Gasteiger partial charge in [0.2, 0.25) is 5.91 Å². The third-order valence-corrected chi connectivity index (χ3v) is 4.08. The summed E-state index contributed by atoms with van der Waals surface area (Å²) in [5.74, 6) is -1.12. The molecule has 132 valence electrons. The van der Waals surface area contributed by atoms with Gasteiger partial charge in [-0.15, -0.1) is 0 Å². The fourth-order valence-electron chi connectivity index (χ4n) is 2.87. The lowest BCUT2D eigenvalue weighted by molar-refractivity contribution is -0.114. The van der Waals surface area contributed by atoms with Gasteiger partial charge >= 0.3 is 5.97 Å². The highest BCUT2D eigenvalue weighted by Gasteiger charge is 2.19. The molecule has 0 aliphatic heterocycles. The van der Waals surface area contributed by atoms with Crippen LogP contribution in [0, 0.1) is 0 Å². The number of amides is 1. The highest BCUT2D eigenvalue weighted by Crippen LogP contribution is 2.29. The van der Waals surface area contributed by atoms with E-state index in [1.54, 1.807) is 6.92 Å². The number of anilines is 1. The summed E-state index contributed by atoms with van der Waals surface area (Å²) in [4.78, 5) is 23.7. The molecule has 1 atom stereocenters. The van der Waals surface area contributed by atoms with Crippen LogP contribution in [0.3, 0.4) is 0 Å². The van der Waals surface area contributed by atoms with E-state index in [0.29, 0.717) is 5.69 Å². The predicted octanol–water partition coefficient (Wildman–Crippen LogP) is 4.42. The second-order valence-electron chi connectivity index (χ2n) is 6.03. The molecule has 1 unspecified atom stereocenters. The summed E-state index contributed by atoms with van der Waals surface area (Å²) in [7, 11) is 0. The van der Waals surface area contributed by atoms with E-state index in [2.05, 4.69) is 5.32 Å². The monoisotopic (exact) mass is 349 g/mol. The third-order valence-electron chi connectivity index (χ3n) is 4.08. The number of aromatic hydroxyl groups is 1. The molecule has 0 spiro atoms. The average molecular weight is 349 g/mol. The summed E-state index contributed by atoms with van der Waals surface area (Å²) in [5.41, 5.74) is 1.30. The molecule has 0 aromatic heterocycles. The second-order valence-corrected chi connectivity index (χ2v) is 6.03. The number of carbonyl (C=O) groups excluding carboxylic acids is 2. The first-order valence-electron chi connectivity index (χ1n) is 8.25. The van der Waals surface area contributed by atoms with Gasteiger partial charge in [0, 0.05) is 12.6 Å². The summed E-state index contributed by atoms with van der Waals surface area (Å²) < 4.78 is 5.56. The maximum atomic E-state index is 12.5. The largest absolute Gasteiger partial charge is 0.507 e. The molecule has 5 nitrogen and oxygen atoms in total. The lowest BCUT2D eigenvalue weighted by Gasteiger charge is -2.16. The standard InChI is InChI=1S/C21H19NO4/c1-13(17-9-5-7-15-6-3-4-8-18(15)17)26-21(25)19-12-16(22-14(2)23)10-11-20(19)24/h3-13,24H,1-2H3,(H,22,23). The number of nitrogens with one attached hydrogen (secondary N) is 1. The van der Waals surface area contributed by atoms with Crippen LogP contribution in [0.25, 0.3) is 10.8 Å². The fraction of sp³-hybridized carbons (Fsp3) is 0.143. The normalized spacial score (nSPS) is 11.8. The first-order chi connectivity index (χ1) is 12.5. The molecule has 1 amide bonds. The highest BCUT2D eigenvalue weighted by molar-refractivity contribution is 5.96. The maximum absolute atomic E-state index is 12.5. The van der Waals surface area contributed by atoms with Gasteiger partial charge in [-0.1, -0.05) is 42.5 Å². The number of benzene rings is 3. The first-order valence-corrected chi connectivity index (χ1v) is 8.25. The van der Waals surface area contributed by atoms with E-state index in [4.69, 9.17) is 4.74 Å². The lowest BCUT2D eigenvalue weighted by Crippen LogP contribution is -2.11. The third kappa shape index (κ3) is 3.67. The minimum absolute atomic E-state index is 0.00309. The molecule has 2 N–H and O–H groups in total. The van der Waals surface area contributed by atoms with Gasteiger partial charge < -0.3 is 15.2 Å². The number of fused-ring (bicyclic) bond motifs is 1. The molecule has 0 fully saturated rings. The zero-order valence-corrected chi connectivity index (χ0v) is 14.5. The SMILES string of the molecule is CC(=O)Nc1ccc(O)c(C(=O)OC(C)c2cccc3ccccc23)c1. The summed E-state index contributed by atoms with van der Waals surface area (Å²) in [6.07, 6.45) is -0.502. The van der Waals surface area contributed by atoms with Crippen LogP contribution in [0.2, 0.25) is 0 Å². The predicted molar refractivity (Wildman–Crippen MR) is 100 cm³/mol. The molecule has 0 heterocycles. The Hall–Kier alpha value is -3.34. The number of carbonyl (C=O) groups is 2. The Morgan fingerprint density at radius 1 is 1.04 bits per heavy atom. The van der Waals surface area contributed by atoms with Gasteiger partial charge in [-0.25, -0.2) is 4.79 Å². The van der Waals surface area contributed by atoms with Gasteiger partial charge in [0.1, 0.15) is 17.4 Å². The fourth-order valence-corrected chi connectivity index (χ4v) is 2.87. The summed E-state index contributed by atoms with van der Waals surface area (Å²) in [5, 5.41) is 14.6. The molecule has 5 heteroatoms. The van der Waals surface area contributed by atoms with Crippen LogP contribution in [0.1, 0.15) is 35.9 Å². The molecule has 26 heavy (non-hydrogen) atoms. The Morgan fingerprint density at radius 3 is 2.54 bits per heavy atom. The van der Waals surface area contributed by atoms with Crippen molar-refractivity contribution in [2.45, 2.75) is 20.0 Å². The molecule has 3 aromatic rings. The number of hydrogen-bond acceptors (Lipinski definition) is 4. The van der Waals surface area contributed by atoms with Gasteiger partial charge in [0.25, 0.3) is 0 Å². The van der Waals surface area contributed by atoms with Crippen molar-refractivity contribution in [3.63, 3.8) is 0 Å². The minimum Gasteiger partial charge on any atom is -0.507 e. The summed E-state index contributed by atoms with van der Waals surface area (Å²) >= 11 is 0. The molecular weight excluding hydrogens is 330 g/mol. The molecule has 0 radical (unpaired) electrons. The Morgan fingerprint density at radius 2 is 1.77 bits per heavy atom. The van der Waals surface area contributed by atoms with Gasteiger partial charge in [-0.2, -0.15) is 0 Å². The van der Waals surface area contributed by atoms with Crippen molar-refractivity contribution in [2.24, 2.45) is 0 Å². The quantitative estimate of drug-likeness (QED) is 0.540. The highest BCUT2D eigenvalue weighted by atomic mass is 16.5. The molecule has 0 aliphatic carbocycles. The van der Waals surface area contributed by atoms with Crippen LogP contribution in [0.15, 0.2) is 60.7 Å². The lowest BCUT2D eigenvalue weighted by atomic mass is 10.0. The van der Waals surface area contributed by atoms with E-state index in [9.17, 15) is 14.7 Å². The maximum Gasteiger partial charge on any atom is 0.342 e. The number of esters is 1. The van der Waals surface area contributed by atoms with E-state index >= 15 is 0 Å². The molecule has 0 bridgehead atoms.